The van der Waals surface area contributed by atoms with Crippen LogP contribution in [0.15, 0.2) is 59.4 Å². The van der Waals surface area contributed by atoms with Crippen molar-refractivity contribution >= 4 is 16.8 Å². The highest BCUT2D eigenvalue weighted by Crippen LogP contribution is 2.22. The van der Waals surface area contributed by atoms with Crippen molar-refractivity contribution in [2.24, 2.45) is 5.92 Å². The molecule has 0 unspecified atom stereocenters. The molecule has 2 aromatic carbocycles. The summed E-state index contributed by atoms with van der Waals surface area (Å²) in [5.74, 6) is 1.25. The number of rotatable bonds is 5. The summed E-state index contributed by atoms with van der Waals surface area (Å²) in [6, 6.07) is 17.9. The first-order chi connectivity index (χ1) is 14.1. The second kappa shape index (κ2) is 8.60. The van der Waals surface area contributed by atoms with E-state index in [4.69, 9.17) is 0 Å². The van der Waals surface area contributed by atoms with Gasteiger partial charge in [-0.15, -0.1) is 0 Å². The monoisotopic (exact) mass is 389 g/mol. The first kappa shape index (κ1) is 19.4. The van der Waals surface area contributed by atoms with Crippen LogP contribution in [0.4, 0.5) is 0 Å². The molecule has 1 fully saturated rings. The normalized spacial score (nSPS) is 15.0. The van der Waals surface area contributed by atoms with E-state index in [1.165, 1.54) is 16.6 Å². The number of hydrogen-bond acceptors (Lipinski definition) is 3. The molecule has 0 aliphatic carbocycles. The molecule has 0 atom stereocenters. The molecule has 0 radical (unpaired) electrons. The number of piperidine rings is 1. The van der Waals surface area contributed by atoms with Gasteiger partial charge in [0.05, 0.1) is 10.9 Å². The lowest BCUT2D eigenvalue weighted by Crippen LogP contribution is -2.42. The van der Waals surface area contributed by atoms with Gasteiger partial charge in [0.25, 0.3) is 5.56 Å². The fourth-order valence-corrected chi connectivity index (χ4v) is 4.19. The van der Waals surface area contributed by atoms with Crippen LogP contribution in [0.3, 0.4) is 0 Å². The van der Waals surface area contributed by atoms with Gasteiger partial charge in [-0.2, -0.15) is 0 Å². The Morgan fingerprint density at radius 2 is 1.72 bits per heavy atom. The number of fused-ring (bicyclic) bond motifs is 1. The average Bonchev–Trinajstić information content (AvgIpc) is 2.76. The van der Waals surface area contributed by atoms with Gasteiger partial charge >= 0.3 is 0 Å². The molecule has 3 aromatic rings. The van der Waals surface area contributed by atoms with Crippen LogP contribution >= 0.6 is 0 Å². The molecule has 5 heteroatoms. The van der Waals surface area contributed by atoms with E-state index < -0.39 is 0 Å². The molecule has 1 saturated heterocycles. The van der Waals surface area contributed by atoms with Crippen molar-refractivity contribution in [1.29, 1.82) is 0 Å². The minimum absolute atomic E-state index is 0.00814. The number of benzene rings is 2. The first-order valence-corrected chi connectivity index (χ1v) is 10.4. The summed E-state index contributed by atoms with van der Waals surface area (Å²) in [5.41, 5.74) is 1.92. The van der Waals surface area contributed by atoms with Crippen molar-refractivity contribution in [1.82, 2.24) is 14.5 Å². The molecule has 29 heavy (non-hydrogen) atoms. The summed E-state index contributed by atoms with van der Waals surface area (Å²) >= 11 is 0. The van der Waals surface area contributed by atoms with Crippen LogP contribution in [0.5, 0.6) is 0 Å². The standard InChI is InChI=1S/C24H27N3O2/c1-18-25-22-10-6-5-9-21(22)24(29)27(18)17-23(28)26-15-13-20(14-16-26)12-11-19-7-3-2-4-8-19/h2-10,20H,11-17H2,1H3. The van der Waals surface area contributed by atoms with Crippen molar-refractivity contribution in [2.45, 2.75) is 39.2 Å². The molecule has 5 nitrogen and oxygen atoms in total. The van der Waals surface area contributed by atoms with Gasteiger partial charge in [0.2, 0.25) is 5.91 Å². The summed E-state index contributed by atoms with van der Waals surface area (Å²) in [5, 5.41) is 0.561. The molecular formula is C24H27N3O2. The maximum atomic E-state index is 12.8. The second-order valence-electron chi connectivity index (χ2n) is 7.92. The van der Waals surface area contributed by atoms with Gasteiger partial charge in [-0.05, 0) is 56.2 Å². The summed E-state index contributed by atoms with van der Waals surface area (Å²) in [6.45, 7) is 3.40. The molecule has 0 N–H and O–H groups in total. The van der Waals surface area contributed by atoms with Crippen LogP contribution in [0.25, 0.3) is 10.9 Å². The molecule has 1 aromatic heterocycles. The van der Waals surface area contributed by atoms with Crippen LogP contribution in [-0.4, -0.2) is 33.4 Å². The molecule has 1 aliphatic heterocycles. The highest BCUT2D eigenvalue weighted by Gasteiger charge is 2.23. The lowest BCUT2D eigenvalue weighted by atomic mass is 9.90. The van der Waals surface area contributed by atoms with Crippen molar-refractivity contribution < 1.29 is 4.79 Å². The third-order valence-electron chi connectivity index (χ3n) is 6.00. The SMILES string of the molecule is Cc1nc2ccccc2c(=O)n1CC(=O)N1CCC(CCc2ccccc2)CC1. The second-order valence-corrected chi connectivity index (χ2v) is 7.92. The number of carbonyl (C=O) groups excluding carboxylic acids is 1. The minimum Gasteiger partial charge on any atom is -0.341 e. The van der Waals surface area contributed by atoms with Crippen LogP contribution in [0, 0.1) is 12.8 Å². The number of carbonyl (C=O) groups is 1. The van der Waals surface area contributed by atoms with Gasteiger partial charge in [-0.3, -0.25) is 14.2 Å². The van der Waals surface area contributed by atoms with Gasteiger partial charge in [0.15, 0.2) is 0 Å². The largest absolute Gasteiger partial charge is 0.341 e. The van der Waals surface area contributed by atoms with Crippen LogP contribution < -0.4 is 5.56 Å². The summed E-state index contributed by atoms with van der Waals surface area (Å²) in [7, 11) is 0. The summed E-state index contributed by atoms with van der Waals surface area (Å²) in [6.07, 6.45) is 4.32. The van der Waals surface area contributed by atoms with E-state index in [1.807, 2.05) is 29.2 Å². The van der Waals surface area contributed by atoms with E-state index >= 15 is 0 Å². The number of para-hydroxylation sites is 1. The third kappa shape index (κ3) is 4.39. The fraction of sp³-hybridized carbons (Fsp3) is 0.375. The van der Waals surface area contributed by atoms with Crippen LogP contribution in [0.1, 0.15) is 30.7 Å². The minimum atomic E-state index is -0.140. The maximum absolute atomic E-state index is 12.8. The Labute approximate surface area is 171 Å². The molecule has 0 saturated carbocycles. The van der Waals surface area contributed by atoms with E-state index in [0.29, 0.717) is 22.6 Å². The number of aryl methyl sites for hydroxylation is 2. The number of likely N-dealkylation sites (tertiary alicyclic amines) is 1. The molecular weight excluding hydrogens is 362 g/mol. The summed E-state index contributed by atoms with van der Waals surface area (Å²) in [4.78, 5) is 32.0. The van der Waals surface area contributed by atoms with E-state index in [2.05, 4.69) is 29.2 Å². The maximum Gasteiger partial charge on any atom is 0.261 e. The predicted octanol–water partition coefficient (Wildman–Crippen LogP) is 3.58. The van der Waals surface area contributed by atoms with Crippen LogP contribution in [-0.2, 0) is 17.8 Å². The number of amides is 1. The molecule has 4 rings (SSSR count). The Morgan fingerprint density at radius 1 is 1.03 bits per heavy atom. The van der Waals surface area contributed by atoms with E-state index in [-0.39, 0.29) is 18.0 Å². The Bertz CT molecular complexity index is 1050. The van der Waals surface area contributed by atoms with Gasteiger partial charge in [0, 0.05) is 13.1 Å². The van der Waals surface area contributed by atoms with E-state index in [1.54, 1.807) is 13.0 Å². The highest BCUT2D eigenvalue weighted by atomic mass is 16.2. The van der Waals surface area contributed by atoms with Gasteiger partial charge in [-0.25, -0.2) is 4.98 Å². The molecule has 1 amide bonds. The number of aromatic nitrogens is 2. The molecule has 0 spiro atoms. The smallest absolute Gasteiger partial charge is 0.261 e. The Morgan fingerprint density at radius 3 is 2.48 bits per heavy atom. The fourth-order valence-electron chi connectivity index (χ4n) is 4.19. The molecule has 0 bridgehead atoms. The molecule has 150 valence electrons. The van der Waals surface area contributed by atoms with Gasteiger partial charge in [0.1, 0.15) is 12.4 Å². The van der Waals surface area contributed by atoms with E-state index in [9.17, 15) is 9.59 Å². The van der Waals surface area contributed by atoms with E-state index in [0.717, 1.165) is 32.4 Å². The van der Waals surface area contributed by atoms with Gasteiger partial charge < -0.3 is 4.90 Å². The number of nitrogens with zero attached hydrogens (tertiary/aromatic N) is 3. The Balaban J connectivity index is 1.36. The molecule has 1 aliphatic rings. The molecule has 2 heterocycles. The lowest BCUT2D eigenvalue weighted by molar-refractivity contribution is -0.133. The quantitative estimate of drug-likeness (QED) is 0.670. The zero-order valence-corrected chi connectivity index (χ0v) is 16.9. The zero-order valence-electron chi connectivity index (χ0n) is 16.9. The number of hydrogen-bond donors (Lipinski definition) is 0. The van der Waals surface area contributed by atoms with Crippen molar-refractivity contribution in [3.8, 4) is 0 Å². The topological polar surface area (TPSA) is 55.2 Å². The average molecular weight is 389 g/mol. The van der Waals surface area contributed by atoms with Crippen molar-refractivity contribution in [2.75, 3.05) is 13.1 Å². The van der Waals surface area contributed by atoms with Crippen LogP contribution in [0.2, 0.25) is 0 Å². The third-order valence-corrected chi connectivity index (χ3v) is 6.00. The highest BCUT2D eigenvalue weighted by molar-refractivity contribution is 5.79. The van der Waals surface area contributed by atoms with Crippen molar-refractivity contribution in [3.63, 3.8) is 0 Å². The lowest BCUT2D eigenvalue weighted by Gasteiger charge is -2.32. The first-order valence-electron chi connectivity index (χ1n) is 10.4. The Kier molecular flexibility index (Phi) is 5.74. The predicted molar refractivity (Wildman–Crippen MR) is 115 cm³/mol. The Hall–Kier alpha value is -2.95. The zero-order chi connectivity index (χ0) is 20.2. The van der Waals surface area contributed by atoms with Crippen molar-refractivity contribution in [3.05, 3.63) is 76.3 Å². The van der Waals surface area contributed by atoms with Gasteiger partial charge in [-0.1, -0.05) is 42.5 Å². The summed E-state index contributed by atoms with van der Waals surface area (Å²) < 4.78 is 1.51.